The van der Waals surface area contributed by atoms with Crippen molar-refractivity contribution < 1.29 is 4.74 Å². The maximum Gasteiger partial charge on any atom is 0.189 e. The lowest BCUT2D eigenvalue weighted by atomic mass is 10.1. The van der Waals surface area contributed by atoms with E-state index >= 15 is 0 Å². The SMILES string of the molecule is Cc1ccc(C)c(OCc2c(C#N)nnn2CCC(C)C)c1. The molecule has 1 aromatic carbocycles. The van der Waals surface area contributed by atoms with E-state index in [1.54, 1.807) is 4.68 Å². The highest BCUT2D eigenvalue weighted by Gasteiger charge is 2.14. The van der Waals surface area contributed by atoms with Crippen LogP contribution in [0, 0.1) is 31.1 Å². The van der Waals surface area contributed by atoms with Gasteiger partial charge in [0, 0.05) is 6.54 Å². The topological polar surface area (TPSA) is 63.7 Å². The van der Waals surface area contributed by atoms with Crippen LogP contribution in [-0.2, 0) is 13.2 Å². The first-order chi connectivity index (χ1) is 10.5. The van der Waals surface area contributed by atoms with Crippen molar-refractivity contribution in [3.8, 4) is 11.8 Å². The molecule has 0 unspecified atom stereocenters. The number of hydrogen-bond acceptors (Lipinski definition) is 4. The standard InChI is InChI=1S/C17H22N4O/c1-12(2)7-8-21-16(15(10-18)19-20-21)11-22-17-9-13(3)5-6-14(17)4/h5-6,9,12H,7-8,11H2,1-4H3. The number of hydrogen-bond donors (Lipinski definition) is 0. The molecule has 2 rings (SSSR count). The summed E-state index contributed by atoms with van der Waals surface area (Å²) in [7, 11) is 0. The van der Waals surface area contributed by atoms with Gasteiger partial charge in [0.05, 0.1) is 0 Å². The molecule has 22 heavy (non-hydrogen) atoms. The summed E-state index contributed by atoms with van der Waals surface area (Å²) in [5.74, 6) is 1.41. The van der Waals surface area contributed by atoms with Crippen molar-refractivity contribution in [3.63, 3.8) is 0 Å². The van der Waals surface area contributed by atoms with Crippen molar-refractivity contribution in [3.05, 3.63) is 40.7 Å². The van der Waals surface area contributed by atoms with Gasteiger partial charge in [-0.2, -0.15) is 5.26 Å². The number of rotatable bonds is 6. The van der Waals surface area contributed by atoms with Crippen LogP contribution in [0.15, 0.2) is 18.2 Å². The van der Waals surface area contributed by atoms with E-state index in [4.69, 9.17) is 4.74 Å². The third kappa shape index (κ3) is 3.85. The molecule has 0 saturated heterocycles. The third-order valence-corrected chi connectivity index (χ3v) is 3.57. The van der Waals surface area contributed by atoms with Crippen LogP contribution in [0.3, 0.4) is 0 Å². The number of aromatic nitrogens is 3. The van der Waals surface area contributed by atoms with E-state index in [0.29, 0.717) is 18.2 Å². The Balaban J connectivity index is 2.16. The summed E-state index contributed by atoms with van der Waals surface area (Å²) in [5, 5.41) is 17.2. The summed E-state index contributed by atoms with van der Waals surface area (Å²) in [6.07, 6.45) is 0.991. The summed E-state index contributed by atoms with van der Waals surface area (Å²) >= 11 is 0. The molecule has 0 aliphatic heterocycles. The predicted octanol–water partition coefficient (Wildman–Crippen LogP) is 3.39. The second-order valence-corrected chi connectivity index (χ2v) is 5.96. The molecule has 0 amide bonds. The summed E-state index contributed by atoms with van der Waals surface area (Å²) < 4.78 is 7.68. The lowest BCUT2D eigenvalue weighted by Gasteiger charge is -2.12. The molecule has 0 spiro atoms. The van der Waals surface area contributed by atoms with Crippen molar-refractivity contribution in [2.75, 3.05) is 0 Å². The van der Waals surface area contributed by atoms with Crippen LogP contribution in [0.25, 0.3) is 0 Å². The maximum atomic E-state index is 9.18. The first-order valence-corrected chi connectivity index (χ1v) is 7.53. The normalized spacial score (nSPS) is 10.7. The Labute approximate surface area is 131 Å². The second-order valence-electron chi connectivity index (χ2n) is 5.96. The molecular weight excluding hydrogens is 276 g/mol. The quantitative estimate of drug-likeness (QED) is 0.820. The molecule has 1 heterocycles. The Morgan fingerprint density at radius 2 is 2.09 bits per heavy atom. The van der Waals surface area contributed by atoms with Gasteiger partial charge in [-0.15, -0.1) is 5.10 Å². The van der Waals surface area contributed by atoms with Gasteiger partial charge in [0.15, 0.2) is 5.69 Å². The molecule has 0 atom stereocenters. The zero-order valence-electron chi connectivity index (χ0n) is 13.6. The molecule has 2 aromatic rings. The van der Waals surface area contributed by atoms with E-state index in [-0.39, 0.29) is 0 Å². The summed E-state index contributed by atoms with van der Waals surface area (Å²) in [5.41, 5.74) is 3.30. The van der Waals surface area contributed by atoms with Crippen molar-refractivity contribution in [2.45, 2.75) is 47.3 Å². The Hall–Kier alpha value is -2.35. The van der Waals surface area contributed by atoms with E-state index in [1.165, 1.54) is 0 Å². The second kappa shape index (κ2) is 7.08. The lowest BCUT2D eigenvalue weighted by Crippen LogP contribution is -2.11. The minimum absolute atomic E-state index is 0.304. The Morgan fingerprint density at radius 1 is 1.32 bits per heavy atom. The highest BCUT2D eigenvalue weighted by molar-refractivity contribution is 5.36. The minimum Gasteiger partial charge on any atom is -0.487 e. The van der Waals surface area contributed by atoms with Gasteiger partial charge in [0.1, 0.15) is 24.1 Å². The highest BCUT2D eigenvalue weighted by atomic mass is 16.5. The molecule has 0 N–H and O–H groups in total. The van der Waals surface area contributed by atoms with Crippen LogP contribution >= 0.6 is 0 Å². The monoisotopic (exact) mass is 298 g/mol. The zero-order valence-corrected chi connectivity index (χ0v) is 13.6. The molecule has 0 aliphatic carbocycles. The number of ether oxygens (including phenoxy) is 1. The molecule has 0 fully saturated rings. The van der Waals surface area contributed by atoms with Crippen molar-refractivity contribution >= 4 is 0 Å². The fourth-order valence-electron chi connectivity index (χ4n) is 2.13. The largest absolute Gasteiger partial charge is 0.487 e. The number of aryl methyl sites for hydroxylation is 3. The third-order valence-electron chi connectivity index (χ3n) is 3.57. The van der Waals surface area contributed by atoms with Crippen LogP contribution in [0.2, 0.25) is 0 Å². The van der Waals surface area contributed by atoms with Crippen LogP contribution in [0.5, 0.6) is 5.75 Å². The van der Waals surface area contributed by atoms with Gasteiger partial charge in [0.2, 0.25) is 0 Å². The minimum atomic E-state index is 0.304. The van der Waals surface area contributed by atoms with Crippen molar-refractivity contribution in [1.29, 1.82) is 5.26 Å². The summed E-state index contributed by atoms with van der Waals surface area (Å²) in [4.78, 5) is 0. The van der Waals surface area contributed by atoms with Crippen LogP contribution in [0.1, 0.15) is 42.8 Å². The summed E-state index contributed by atoms with van der Waals surface area (Å²) in [6, 6.07) is 8.18. The lowest BCUT2D eigenvalue weighted by molar-refractivity contribution is 0.287. The summed E-state index contributed by atoms with van der Waals surface area (Å²) in [6.45, 7) is 9.41. The zero-order chi connectivity index (χ0) is 16.1. The molecule has 0 radical (unpaired) electrons. The molecular formula is C17H22N4O. The average Bonchev–Trinajstić information content (AvgIpc) is 2.88. The fraction of sp³-hybridized carbons (Fsp3) is 0.471. The van der Waals surface area contributed by atoms with Gasteiger partial charge >= 0.3 is 0 Å². The fourth-order valence-corrected chi connectivity index (χ4v) is 2.13. The van der Waals surface area contributed by atoms with E-state index in [0.717, 1.165) is 35.5 Å². The first-order valence-electron chi connectivity index (χ1n) is 7.53. The number of nitrogens with zero attached hydrogens (tertiary/aromatic N) is 4. The molecule has 0 bridgehead atoms. The molecule has 0 aliphatic rings. The van der Waals surface area contributed by atoms with E-state index in [2.05, 4.69) is 36.3 Å². The molecule has 5 heteroatoms. The van der Waals surface area contributed by atoms with Gasteiger partial charge in [-0.25, -0.2) is 4.68 Å². The Kier molecular flexibility index (Phi) is 5.16. The Morgan fingerprint density at radius 3 is 2.77 bits per heavy atom. The first kappa shape index (κ1) is 16.0. The number of benzene rings is 1. The van der Waals surface area contributed by atoms with Gasteiger partial charge in [0.25, 0.3) is 0 Å². The van der Waals surface area contributed by atoms with Gasteiger partial charge in [-0.1, -0.05) is 31.2 Å². The van der Waals surface area contributed by atoms with E-state index < -0.39 is 0 Å². The Bertz CT molecular complexity index is 682. The van der Waals surface area contributed by atoms with E-state index in [9.17, 15) is 5.26 Å². The highest BCUT2D eigenvalue weighted by Crippen LogP contribution is 2.21. The molecule has 116 valence electrons. The van der Waals surface area contributed by atoms with Gasteiger partial charge in [-0.05, 0) is 43.4 Å². The average molecular weight is 298 g/mol. The van der Waals surface area contributed by atoms with Crippen molar-refractivity contribution in [2.24, 2.45) is 5.92 Å². The predicted molar refractivity (Wildman–Crippen MR) is 84.4 cm³/mol. The van der Waals surface area contributed by atoms with Crippen molar-refractivity contribution in [1.82, 2.24) is 15.0 Å². The van der Waals surface area contributed by atoms with Crippen LogP contribution < -0.4 is 4.74 Å². The maximum absolute atomic E-state index is 9.18. The van der Waals surface area contributed by atoms with Gasteiger partial charge < -0.3 is 4.74 Å². The molecule has 0 saturated carbocycles. The number of nitriles is 1. The van der Waals surface area contributed by atoms with Crippen LogP contribution in [-0.4, -0.2) is 15.0 Å². The molecule has 1 aromatic heterocycles. The molecule has 5 nitrogen and oxygen atoms in total. The van der Waals surface area contributed by atoms with Crippen LogP contribution in [0.4, 0.5) is 0 Å². The van der Waals surface area contributed by atoms with E-state index in [1.807, 2.05) is 26.0 Å². The smallest absolute Gasteiger partial charge is 0.189 e. The van der Waals surface area contributed by atoms with Gasteiger partial charge in [-0.3, -0.25) is 0 Å².